The van der Waals surface area contributed by atoms with E-state index in [-0.39, 0.29) is 18.0 Å². The van der Waals surface area contributed by atoms with E-state index in [0.29, 0.717) is 6.42 Å². The monoisotopic (exact) mass is 236 g/mol. The summed E-state index contributed by atoms with van der Waals surface area (Å²) in [5.41, 5.74) is 0.00258. The Bertz CT molecular complexity index is 454. The molecule has 0 saturated carbocycles. The van der Waals surface area contributed by atoms with Crippen molar-refractivity contribution in [3.8, 4) is 11.8 Å². The molecule has 90 valence electrons. The van der Waals surface area contributed by atoms with Crippen LogP contribution in [0.25, 0.3) is 0 Å². The van der Waals surface area contributed by atoms with E-state index in [1.165, 1.54) is 6.07 Å². The summed E-state index contributed by atoms with van der Waals surface area (Å²) >= 11 is 0. The fourth-order valence-electron chi connectivity index (χ4n) is 1.37. The van der Waals surface area contributed by atoms with Gasteiger partial charge in [0.15, 0.2) is 0 Å². The van der Waals surface area contributed by atoms with E-state index in [1.807, 2.05) is 13.0 Å². The van der Waals surface area contributed by atoms with Gasteiger partial charge in [-0.3, -0.25) is 4.79 Å². The van der Waals surface area contributed by atoms with Crippen LogP contribution in [0, 0.1) is 17.1 Å². The van der Waals surface area contributed by atoms with Crippen LogP contribution in [0.4, 0.5) is 4.39 Å². The minimum Gasteiger partial charge on any atom is -0.507 e. The highest BCUT2D eigenvalue weighted by atomic mass is 19.1. The van der Waals surface area contributed by atoms with Crippen molar-refractivity contribution in [1.82, 2.24) is 5.32 Å². The van der Waals surface area contributed by atoms with Gasteiger partial charge in [0.25, 0.3) is 5.91 Å². The summed E-state index contributed by atoms with van der Waals surface area (Å²) in [6.07, 6.45) is 0.811. The smallest absolute Gasteiger partial charge is 0.255 e. The molecule has 2 N–H and O–H groups in total. The van der Waals surface area contributed by atoms with Gasteiger partial charge >= 0.3 is 0 Å². The molecule has 4 nitrogen and oxygen atoms in total. The predicted octanol–water partition coefficient (Wildman–Crippen LogP) is 1.95. The van der Waals surface area contributed by atoms with Crippen molar-refractivity contribution in [3.63, 3.8) is 0 Å². The van der Waals surface area contributed by atoms with Gasteiger partial charge in [0.1, 0.15) is 11.6 Å². The highest BCUT2D eigenvalue weighted by Gasteiger charge is 2.15. The summed E-state index contributed by atoms with van der Waals surface area (Å²) < 4.78 is 12.7. The van der Waals surface area contributed by atoms with Gasteiger partial charge in [0.05, 0.1) is 18.1 Å². The molecule has 1 aromatic rings. The summed E-state index contributed by atoms with van der Waals surface area (Å²) in [5, 5.41) is 20.6. The molecule has 1 rings (SSSR count). The van der Waals surface area contributed by atoms with Gasteiger partial charge in [0.2, 0.25) is 0 Å². The van der Waals surface area contributed by atoms with Gasteiger partial charge < -0.3 is 10.4 Å². The van der Waals surface area contributed by atoms with Crippen LogP contribution in [0.2, 0.25) is 0 Å². The first kappa shape index (κ1) is 13.0. The molecule has 17 heavy (non-hydrogen) atoms. The Kier molecular flexibility index (Phi) is 4.46. The number of nitriles is 1. The lowest BCUT2D eigenvalue weighted by atomic mass is 10.1. The van der Waals surface area contributed by atoms with Crippen LogP contribution >= 0.6 is 0 Å². The van der Waals surface area contributed by atoms with E-state index in [1.54, 1.807) is 0 Å². The fourth-order valence-corrected chi connectivity index (χ4v) is 1.37. The Labute approximate surface area is 98.7 Å². The van der Waals surface area contributed by atoms with Crippen molar-refractivity contribution < 1.29 is 14.3 Å². The molecule has 1 atom stereocenters. The van der Waals surface area contributed by atoms with Crippen LogP contribution in [0.1, 0.15) is 30.1 Å². The number of hydrogen-bond donors (Lipinski definition) is 2. The largest absolute Gasteiger partial charge is 0.507 e. The highest BCUT2D eigenvalue weighted by Crippen LogP contribution is 2.18. The van der Waals surface area contributed by atoms with E-state index in [9.17, 15) is 14.3 Å². The van der Waals surface area contributed by atoms with Crippen LogP contribution in [-0.4, -0.2) is 17.1 Å². The van der Waals surface area contributed by atoms with Crippen molar-refractivity contribution in [2.75, 3.05) is 0 Å². The second-order valence-corrected chi connectivity index (χ2v) is 3.60. The summed E-state index contributed by atoms with van der Waals surface area (Å²) in [7, 11) is 0. The molecular weight excluding hydrogens is 223 g/mol. The molecule has 0 aromatic heterocycles. The molecule has 0 aliphatic carbocycles. The number of carbonyl (C=O) groups is 1. The number of nitrogens with one attached hydrogen (secondary N) is 1. The molecular formula is C12H13FN2O2. The zero-order chi connectivity index (χ0) is 12.8. The molecule has 1 unspecified atom stereocenters. The van der Waals surface area contributed by atoms with Gasteiger partial charge in [-0.05, 0) is 18.6 Å². The van der Waals surface area contributed by atoms with E-state index >= 15 is 0 Å². The summed E-state index contributed by atoms with van der Waals surface area (Å²) in [6.45, 7) is 1.84. The number of carbonyl (C=O) groups excluding carboxylic acids is 1. The van der Waals surface area contributed by atoms with Gasteiger partial charge in [-0.25, -0.2) is 4.39 Å². The van der Waals surface area contributed by atoms with E-state index < -0.39 is 17.5 Å². The Morgan fingerprint density at radius 1 is 1.65 bits per heavy atom. The minimum absolute atomic E-state index is 0.00258. The molecule has 1 aromatic carbocycles. The molecule has 1 amide bonds. The molecule has 0 fully saturated rings. The number of nitrogens with zero attached hydrogens (tertiary/aromatic N) is 1. The SMILES string of the molecule is CCC(CC#N)NC(=O)c1ccc(F)cc1O. The number of phenols is 1. The van der Waals surface area contributed by atoms with Crippen LogP contribution in [0.5, 0.6) is 5.75 Å². The predicted molar refractivity (Wildman–Crippen MR) is 59.8 cm³/mol. The maximum absolute atomic E-state index is 12.7. The number of phenolic OH excluding ortho intramolecular Hbond substituents is 1. The Balaban J connectivity index is 2.79. The number of rotatable bonds is 4. The maximum atomic E-state index is 12.7. The van der Waals surface area contributed by atoms with Crippen molar-refractivity contribution in [2.24, 2.45) is 0 Å². The Morgan fingerprint density at radius 3 is 2.88 bits per heavy atom. The van der Waals surface area contributed by atoms with Crippen molar-refractivity contribution >= 4 is 5.91 Å². The number of benzene rings is 1. The van der Waals surface area contributed by atoms with Crippen molar-refractivity contribution in [2.45, 2.75) is 25.8 Å². The fraction of sp³-hybridized carbons (Fsp3) is 0.333. The zero-order valence-electron chi connectivity index (χ0n) is 9.40. The second-order valence-electron chi connectivity index (χ2n) is 3.60. The van der Waals surface area contributed by atoms with Crippen LogP contribution < -0.4 is 5.32 Å². The minimum atomic E-state index is -0.608. The third-order valence-corrected chi connectivity index (χ3v) is 2.37. The molecule has 0 aliphatic heterocycles. The average Bonchev–Trinajstić information content (AvgIpc) is 2.28. The van der Waals surface area contributed by atoms with E-state index in [0.717, 1.165) is 12.1 Å². The third-order valence-electron chi connectivity index (χ3n) is 2.37. The molecule has 0 saturated heterocycles. The number of aromatic hydroxyl groups is 1. The molecule has 0 bridgehead atoms. The molecule has 0 heterocycles. The number of amides is 1. The molecule has 0 radical (unpaired) electrons. The normalized spacial score (nSPS) is 11.6. The number of hydrogen-bond acceptors (Lipinski definition) is 3. The summed E-state index contributed by atoms with van der Waals surface area (Å²) in [4.78, 5) is 11.7. The van der Waals surface area contributed by atoms with Crippen LogP contribution in [0.3, 0.4) is 0 Å². The molecule has 0 spiro atoms. The Hall–Kier alpha value is -2.09. The van der Waals surface area contributed by atoms with Gasteiger partial charge in [-0.1, -0.05) is 6.92 Å². The second kappa shape index (κ2) is 5.85. The lowest BCUT2D eigenvalue weighted by Gasteiger charge is -2.14. The first-order valence-corrected chi connectivity index (χ1v) is 5.24. The lowest BCUT2D eigenvalue weighted by Crippen LogP contribution is -2.34. The quantitative estimate of drug-likeness (QED) is 0.839. The molecule has 5 heteroatoms. The van der Waals surface area contributed by atoms with Crippen LogP contribution in [-0.2, 0) is 0 Å². The van der Waals surface area contributed by atoms with Crippen LogP contribution in [0.15, 0.2) is 18.2 Å². The average molecular weight is 236 g/mol. The topological polar surface area (TPSA) is 73.1 Å². The third kappa shape index (κ3) is 3.45. The molecule has 0 aliphatic rings. The van der Waals surface area contributed by atoms with Crippen molar-refractivity contribution in [1.29, 1.82) is 5.26 Å². The summed E-state index contributed by atoms with van der Waals surface area (Å²) in [5.74, 6) is -1.53. The zero-order valence-corrected chi connectivity index (χ0v) is 9.40. The highest BCUT2D eigenvalue weighted by molar-refractivity contribution is 5.96. The maximum Gasteiger partial charge on any atom is 0.255 e. The van der Waals surface area contributed by atoms with E-state index in [4.69, 9.17) is 5.26 Å². The summed E-state index contributed by atoms with van der Waals surface area (Å²) in [6, 6.07) is 4.88. The van der Waals surface area contributed by atoms with Crippen molar-refractivity contribution in [3.05, 3.63) is 29.6 Å². The lowest BCUT2D eigenvalue weighted by molar-refractivity contribution is 0.0934. The van der Waals surface area contributed by atoms with Gasteiger partial charge in [-0.15, -0.1) is 0 Å². The first-order valence-electron chi connectivity index (χ1n) is 5.24. The van der Waals surface area contributed by atoms with Gasteiger partial charge in [-0.2, -0.15) is 5.26 Å². The van der Waals surface area contributed by atoms with E-state index in [2.05, 4.69) is 5.32 Å². The first-order chi connectivity index (χ1) is 8.08. The van der Waals surface area contributed by atoms with Gasteiger partial charge in [0, 0.05) is 12.1 Å². The Morgan fingerprint density at radius 2 is 2.35 bits per heavy atom. The number of halogens is 1. The standard InChI is InChI=1S/C12H13FN2O2/c1-2-9(5-6-14)15-12(17)10-4-3-8(13)7-11(10)16/h3-4,7,9,16H,2,5H2,1H3,(H,15,17).